The summed E-state index contributed by atoms with van der Waals surface area (Å²) in [6, 6.07) is 4.24. The molecule has 1 amide bonds. The molecule has 1 aromatic heterocycles. The van der Waals surface area contributed by atoms with Gasteiger partial charge < -0.3 is 20.7 Å². The van der Waals surface area contributed by atoms with E-state index in [0.717, 1.165) is 19.4 Å². The summed E-state index contributed by atoms with van der Waals surface area (Å²) >= 11 is 6.17. The van der Waals surface area contributed by atoms with E-state index in [1.165, 1.54) is 30.1 Å². The van der Waals surface area contributed by atoms with Gasteiger partial charge in [-0.25, -0.2) is 4.68 Å². The number of hydrogen-bond donors (Lipinski definition) is 3. The molecule has 2 aromatic rings. The van der Waals surface area contributed by atoms with E-state index in [1.807, 2.05) is 0 Å². The van der Waals surface area contributed by atoms with Crippen molar-refractivity contribution >= 4 is 29.0 Å². The summed E-state index contributed by atoms with van der Waals surface area (Å²) in [7, 11) is 2.52. The van der Waals surface area contributed by atoms with E-state index in [0.29, 0.717) is 23.1 Å². The zero-order valence-electron chi connectivity index (χ0n) is 19.1. The van der Waals surface area contributed by atoms with Gasteiger partial charge in [-0.1, -0.05) is 17.7 Å². The van der Waals surface area contributed by atoms with Gasteiger partial charge in [-0.15, -0.1) is 0 Å². The first-order chi connectivity index (χ1) is 17.0. The Labute approximate surface area is 210 Å². The summed E-state index contributed by atoms with van der Waals surface area (Å²) in [6.07, 6.45) is -2.85. The molecule has 0 saturated heterocycles. The number of nitrogens with zero attached hydrogens (tertiary/aromatic N) is 3. The molecule has 1 aliphatic carbocycles. The maximum Gasteiger partial charge on any atom is 0.459 e. The van der Waals surface area contributed by atoms with Gasteiger partial charge in [0.25, 0.3) is 5.91 Å². The van der Waals surface area contributed by atoms with Crippen molar-refractivity contribution in [3.8, 4) is 11.1 Å². The van der Waals surface area contributed by atoms with E-state index in [-0.39, 0.29) is 16.1 Å². The Morgan fingerprint density at radius 1 is 1.27 bits per heavy atom. The summed E-state index contributed by atoms with van der Waals surface area (Å²) in [4.78, 5) is 14.2. The quantitative estimate of drug-likeness (QED) is 0.182. The van der Waals surface area contributed by atoms with Gasteiger partial charge in [0.2, 0.25) is 0 Å². The molecule has 3 rings (SSSR count). The van der Waals surface area contributed by atoms with Crippen LogP contribution < -0.4 is 11.1 Å². The molecule has 1 heterocycles. The van der Waals surface area contributed by atoms with E-state index >= 15 is 0 Å². The fourth-order valence-corrected chi connectivity index (χ4v) is 3.45. The van der Waals surface area contributed by atoms with E-state index in [2.05, 4.69) is 15.2 Å². The molecule has 0 radical (unpaired) electrons. The highest BCUT2D eigenvalue weighted by molar-refractivity contribution is 6.34. The van der Waals surface area contributed by atoms with Crippen molar-refractivity contribution in [2.45, 2.75) is 37.2 Å². The van der Waals surface area contributed by atoms with Crippen LogP contribution in [0.3, 0.4) is 0 Å². The van der Waals surface area contributed by atoms with E-state index in [1.54, 1.807) is 0 Å². The number of alkyl halides is 7. The van der Waals surface area contributed by atoms with Crippen LogP contribution >= 0.6 is 11.6 Å². The Bertz CT molecular complexity index is 1240. The zero-order chi connectivity index (χ0) is 27.9. The zero-order valence-corrected chi connectivity index (χ0v) is 19.9. The lowest BCUT2D eigenvalue weighted by atomic mass is 10.1. The molecular weight excluding hydrogens is 537 g/mol. The lowest BCUT2D eigenvalue weighted by Crippen LogP contribution is -2.45. The lowest BCUT2D eigenvalue weighted by molar-refractivity contribution is -0.250. The topological polar surface area (TPSA) is 109 Å². The summed E-state index contributed by atoms with van der Waals surface area (Å²) in [6.45, 7) is -3.84. The van der Waals surface area contributed by atoms with Crippen LogP contribution in [-0.4, -0.2) is 64.8 Å². The van der Waals surface area contributed by atoms with Crippen LogP contribution in [0.2, 0.25) is 5.02 Å². The van der Waals surface area contributed by atoms with Crippen LogP contribution in [0, 0.1) is 5.41 Å². The summed E-state index contributed by atoms with van der Waals surface area (Å²) < 4.78 is 96.4. The van der Waals surface area contributed by atoms with Gasteiger partial charge in [-0.2, -0.15) is 35.8 Å². The van der Waals surface area contributed by atoms with Gasteiger partial charge in [-0.05, 0) is 30.5 Å². The minimum atomic E-state index is -6.25. The fraction of sp³-hybridized carbons (Fsp3) is 0.381. The maximum absolute atomic E-state index is 13.8. The van der Waals surface area contributed by atoms with Crippen molar-refractivity contribution in [3.63, 3.8) is 0 Å². The van der Waals surface area contributed by atoms with Crippen molar-refractivity contribution in [1.82, 2.24) is 20.0 Å². The monoisotopic (exact) mass is 556 g/mol. The molecule has 0 bridgehead atoms. The minimum Gasteiger partial charge on any atom is -0.429 e. The second-order valence-corrected chi connectivity index (χ2v) is 8.50. The molecule has 4 N–H and O–H groups in total. The molecule has 1 aromatic carbocycles. The number of nitrogens with one attached hydrogen (secondary N) is 2. The van der Waals surface area contributed by atoms with Crippen molar-refractivity contribution < 1.29 is 40.3 Å². The second kappa shape index (κ2) is 9.85. The first-order valence-corrected chi connectivity index (χ1v) is 10.7. The Morgan fingerprint density at radius 3 is 2.41 bits per heavy atom. The first-order valence-electron chi connectivity index (χ1n) is 10.4. The molecular formula is C21H20ClF7N6O2. The number of carbonyl (C=O) groups is 1. The van der Waals surface area contributed by atoms with Crippen LogP contribution in [0.25, 0.3) is 16.9 Å². The van der Waals surface area contributed by atoms with Crippen LogP contribution in [0.15, 0.2) is 36.4 Å². The van der Waals surface area contributed by atoms with Crippen molar-refractivity contribution in [2.75, 3.05) is 14.1 Å². The Balaban J connectivity index is 2.04. The molecule has 202 valence electrons. The van der Waals surface area contributed by atoms with Crippen LogP contribution in [0.1, 0.15) is 23.2 Å². The third kappa shape index (κ3) is 5.51. The highest BCUT2D eigenvalue weighted by Gasteiger charge is 2.62. The molecule has 1 saturated carbocycles. The van der Waals surface area contributed by atoms with E-state index in [4.69, 9.17) is 22.7 Å². The van der Waals surface area contributed by atoms with Crippen LogP contribution in [0.4, 0.5) is 30.7 Å². The first kappa shape index (κ1) is 28.2. The number of carbonyl (C=O) groups excluding carboxylic acids is 1. The predicted molar refractivity (Wildman–Crippen MR) is 119 cm³/mol. The second-order valence-electron chi connectivity index (χ2n) is 8.09. The SMILES string of the molecule is CN/C(=C(/OC(F)F)C(=N)C(F)(F)C(F)(F)F)n1cc(-c2ccc(Cl)c(C(=O)N(C)C3(N)CC3)c2)cn1. The van der Waals surface area contributed by atoms with Gasteiger partial charge in [0.05, 0.1) is 22.4 Å². The van der Waals surface area contributed by atoms with Crippen molar-refractivity contribution in [3.05, 3.63) is 46.9 Å². The molecule has 37 heavy (non-hydrogen) atoms. The molecule has 0 aliphatic heterocycles. The highest BCUT2D eigenvalue weighted by Crippen LogP contribution is 2.40. The molecule has 1 fully saturated rings. The summed E-state index contributed by atoms with van der Waals surface area (Å²) in [5, 5.41) is 13.4. The number of halogens is 8. The van der Waals surface area contributed by atoms with E-state index in [9.17, 15) is 35.5 Å². The summed E-state index contributed by atoms with van der Waals surface area (Å²) in [5.74, 6) is -8.97. The van der Waals surface area contributed by atoms with Crippen molar-refractivity contribution in [2.24, 2.45) is 5.73 Å². The Hall–Kier alpha value is -3.33. The number of hydrogen-bond acceptors (Lipinski definition) is 6. The Kier molecular flexibility index (Phi) is 7.52. The molecule has 1 aliphatic rings. The van der Waals surface area contributed by atoms with Crippen molar-refractivity contribution in [1.29, 1.82) is 5.41 Å². The smallest absolute Gasteiger partial charge is 0.429 e. The van der Waals surface area contributed by atoms with Gasteiger partial charge in [0, 0.05) is 25.9 Å². The third-order valence-electron chi connectivity index (χ3n) is 5.63. The molecule has 0 atom stereocenters. The standard InChI is InChI=1S/C21H20ClF7N6O2/c1-32-16(14(37-18(23)24)15(30)20(25,26)21(27,28)29)35-9-11(8-33-35)10-3-4-13(22)12(7-10)17(36)34(2)19(31)5-6-19/h3-4,7-9,18,30,32H,5-6,31H2,1-2H3/b16-14-,30-15?. The molecule has 0 unspecified atom stereocenters. The Morgan fingerprint density at radius 2 is 1.89 bits per heavy atom. The fourth-order valence-electron chi connectivity index (χ4n) is 3.25. The maximum atomic E-state index is 13.8. The third-order valence-corrected chi connectivity index (χ3v) is 5.96. The van der Waals surface area contributed by atoms with Crippen LogP contribution in [0.5, 0.6) is 0 Å². The van der Waals surface area contributed by atoms with Gasteiger partial charge in [-0.3, -0.25) is 10.2 Å². The molecule has 16 heteroatoms. The van der Waals surface area contributed by atoms with E-state index < -0.39 is 47.6 Å². The van der Waals surface area contributed by atoms with Gasteiger partial charge in [0.15, 0.2) is 17.3 Å². The lowest BCUT2D eigenvalue weighted by Gasteiger charge is -2.25. The van der Waals surface area contributed by atoms with Crippen LogP contribution in [-0.2, 0) is 4.74 Å². The number of benzene rings is 1. The highest BCUT2D eigenvalue weighted by atomic mass is 35.5. The largest absolute Gasteiger partial charge is 0.459 e. The molecule has 8 nitrogen and oxygen atoms in total. The molecule has 0 spiro atoms. The number of ether oxygens (including phenoxy) is 1. The average Bonchev–Trinajstić information content (AvgIpc) is 3.38. The number of rotatable bonds is 9. The summed E-state index contributed by atoms with van der Waals surface area (Å²) in [5.41, 5.74) is 3.29. The minimum absolute atomic E-state index is 0.0730. The number of nitrogens with two attached hydrogens (primary N) is 1. The number of amides is 1. The normalized spacial score (nSPS) is 15.8. The number of allylic oxidation sites excluding steroid dienone is 1. The van der Waals surface area contributed by atoms with Gasteiger partial charge >= 0.3 is 18.7 Å². The predicted octanol–water partition coefficient (Wildman–Crippen LogP) is 4.53. The number of aromatic nitrogens is 2. The van der Waals surface area contributed by atoms with Gasteiger partial charge in [0.1, 0.15) is 0 Å². The average molecular weight is 557 g/mol.